The lowest BCUT2D eigenvalue weighted by atomic mass is 9.74. The molecule has 1 aliphatic rings. The van der Waals surface area contributed by atoms with E-state index in [1.807, 2.05) is 25.0 Å². The largest absolute Gasteiger partial charge is 0.376 e. The highest BCUT2D eigenvalue weighted by molar-refractivity contribution is 5.14. The molecule has 0 bridgehead atoms. The van der Waals surface area contributed by atoms with E-state index >= 15 is 0 Å². The van der Waals surface area contributed by atoms with Crippen LogP contribution in [0.15, 0.2) is 12.3 Å². The fourth-order valence-electron chi connectivity index (χ4n) is 3.29. The van der Waals surface area contributed by atoms with Gasteiger partial charge in [0.05, 0.1) is 17.3 Å². The Hall–Kier alpha value is -0.870. The Bertz CT molecular complexity index is 394. The predicted molar refractivity (Wildman–Crippen MR) is 77.0 cm³/mol. The van der Waals surface area contributed by atoms with Crippen molar-refractivity contribution in [2.24, 2.45) is 13.0 Å². The lowest BCUT2D eigenvalue weighted by molar-refractivity contribution is -0.0774. The van der Waals surface area contributed by atoms with Crippen LogP contribution in [0, 0.1) is 5.92 Å². The molecule has 0 aromatic carbocycles. The summed E-state index contributed by atoms with van der Waals surface area (Å²) >= 11 is 0. The summed E-state index contributed by atoms with van der Waals surface area (Å²) in [5.41, 5.74) is 1.13. The Morgan fingerprint density at radius 2 is 2.21 bits per heavy atom. The number of nitrogens with zero attached hydrogens (tertiary/aromatic N) is 2. The van der Waals surface area contributed by atoms with E-state index in [0.29, 0.717) is 0 Å². The van der Waals surface area contributed by atoms with E-state index in [4.69, 9.17) is 4.74 Å². The van der Waals surface area contributed by atoms with Gasteiger partial charge in [-0.05, 0) is 44.2 Å². The van der Waals surface area contributed by atoms with Crippen molar-refractivity contribution in [3.63, 3.8) is 0 Å². The summed E-state index contributed by atoms with van der Waals surface area (Å²) < 4.78 is 7.98. The van der Waals surface area contributed by atoms with E-state index < -0.39 is 0 Å². The number of nitrogens with one attached hydrogen (secondary N) is 1. The minimum atomic E-state index is -0.0870. The van der Waals surface area contributed by atoms with E-state index in [1.165, 1.54) is 18.5 Å². The monoisotopic (exact) mass is 265 g/mol. The van der Waals surface area contributed by atoms with Crippen LogP contribution < -0.4 is 5.32 Å². The smallest absolute Gasteiger partial charge is 0.0887 e. The van der Waals surface area contributed by atoms with Gasteiger partial charge < -0.3 is 10.1 Å². The zero-order valence-electron chi connectivity index (χ0n) is 12.6. The van der Waals surface area contributed by atoms with Gasteiger partial charge in [0.25, 0.3) is 0 Å². The maximum absolute atomic E-state index is 6.02. The number of hydrogen-bond donors (Lipinski definition) is 1. The molecule has 1 aliphatic carbocycles. The molecule has 0 aliphatic heterocycles. The van der Waals surface area contributed by atoms with Crippen molar-refractivity contribution in [3.8, 4) is 0 Å². The lowest BCUT2D eigenvalue weighted by Gasteiger charge is -2.44. The van der Waals surface area contributed by atoms with E-state index in [-0.39, 0.29) is 11.6 Å². The van der Waals surface area contributed by atoms with Gasteiger partial charge in [0.1, 0.15) is 0 Å². The molecule has 108 valence electrons. The minimum absolute atomic E-state index is 0.0870. The first-order valence-electron chi connectivity index (χ1n) is 7.39. The second-order valence-electron chi connectivity index (χ2n) is 5.82. The number of rotatable bonds is 5. The third-order valence-electron chi connectivity index (χ3n) is 4.62. The van der Waals surface area contributed by atoms with Gasteiger partial charge in [-0.1, -0.05) is 13.8 Å². The predicted octanol–water partition coefficient (Wildman–Crippen LogP) is 2.67. The molecule has 1 N–H and O–H groups in total. The third kappa shape index (κ3) is 2.84. The molecule has 2 rings (SSSR count). The number of likely N-dealkylation sites (N-methyl/N-ethyl adjacent to an activating group) is 1. The summed E-state index contributed by atoms with van der Waals surface area (Å²) in [5.74, 6) is 0.817. The van der Waals surface area contributed by atoms with Crippen LogP contribution >= 0.6 is 0 Å². The molecular weight excluding hydrogens is 238 g/mol. The third-order valence-corrected chi connectivity index (χ3v) is 4.62. The molecule has 1 aromatic rings. The fourth-order valence-corrected chi connectivity index (χ4v) is 3.29. The molecule has 4 nitrogen and oxygen atoms in total. The Labute approximate surface area is 116 Å². The number of aryl methyl sites for hydroxylation is 1. The van der Waals surface area contributed by atoms with E-state index in [9.17, 15) is 0 Å². The molecule has 1 unspecified atom stereocenters. The lowest BCUT2D eigenvalue weighted by Crippen LogP contribution is -2.48. The molecule has 0 saturated heterocycles. The second kappa shape index (κ2) is 6.06. The molecule has 1 fully saturated rings. The molecule has 1 saturated carbocycles. The van der Waals surface area contributed by atoms with Crippen molar-refractivity contribution >= 4 is 0 Å². The SMILES string of the molecule is CCNC(c1ccnn1C)C1(OC)CCC(C)CC1. The van der Waals surface area contributed by atoms with E-state index in [2.05, 4.69) is 30.3 Å². The van der Waals surface area contributed by atoms with Gasteiger partial charge in [-0.25, -0.2) is 0 Å². The number of methoxy groups -OCH3 is 1. The maximum Gasteiger partial charge on any atom is 0.0887 e. The molecular formula is C15H27N3O. The minimum Gasteiger partial charge on any atom is -0.376 e. The highest BCUT2D eigenvalue weighted by Gasteiger charge is 2.43. The van der Waals surface area contributed by atoms with Crippen LogP contribution in [0.3, 0.4) is 0 Å². The first-order valence-corrected chi connectivity index (χ1v) is 7.39. The van der Waals surface area contributed by atoms with Crippen molar-refractivity contribution in [1.82, 2.24) is 15.1 Å². The van der Waals surface area contributed by atoms with Gasteiger partial charge in [-0.15, -0.1) is 0 Å². The first kappa shape index (κ1) is 14.5. The molecule has 4 heteroatoms. The highest BCUT2D eigenvalue weighted by Crippen LogP contribution is 2.42. The summed E-state index contributed by atoms with van der Waals surface area (Å²) in [6.45, 7) is 5.43. The van der Waals surface area contributed by atoms with Crippen molar-refractivity contribution < 1.29 is 4.74 Å². The molecule has 1 aromatic heterocycles. The Balaban J connectivity index is 2.28. The Kier molecular flexibility index (Phi) is 4.63. The van der Waals surface area contributed by atoms with Crippen molar-refractivity contribution in [2.45, 2.75) is 51.2 Å². The molecule has 1 atom stereocenters. The van der Waals surface area contributed by atoms with Gasteiger partial charge in [0, 0.05) is 20.4 Å². The van der Waals surface area contributed by atoms with E-state index in [1.54, 1.807) is 0 Å². The van der Waals surface area contributed by atoms with Gasteiger partial charge in [-0.3, -0.25) is 4.68 Å². The zero-order chi connectivity index (χ0) is 13.9. The summed E-state index contributed by atoms with van der Waals surface area (Å²) in [7, 11) is 3.87. The summed E-state index contributed by atoms with van der Waals surface area (Å²) in [4.78, 5) is 0. The molecule has 0 radical (unpaired) electrons. The highest BCUT2D eigenvalue weighted by atomic mass is 16.5. The second-order valence-corrected chi connectivity index (χ2v) is 5.82. The van der Waals surface area contributed by atoms with Crippen LogP contribution in [-0.4, -0.2) is 29.0 Å². The van der Waals surface area contributed by atoms with Crippen molar-refractivity contribution in [3.05, 3.63) is 18.0 Å². The fraction of sp³-hybridized carbons (Fsp3) is 0.800. The van der Waals surface area contributed by atoms with Crippen LogP contribution in [0.1, 0.15) is 51.3 Å². The summed E-state index contributed by atoms with van der Waals surface area (Å²) in [6.07, 6.45) is 6.59. The molecule has 0 amide bonds. The van der Waals surface area contributed by atoms with Crippen LogP contribution in [0.4, 0.5) is 0 Å². The zero-order valence-corrected chi connectivity index (χ0v) is 12.6. The standard InChI is InChI=1S/C15H27N3O/c1-5-16-14(13-8-11-17-18(13)3)15(19-4)9-6-12(2)7-10-15/h8,11-12,14,16H,5-7,9-10H2,1-4H3. The Morgan fingerprint density at radius 1 is 1.53 bits per heavy atom. The number of aromatic nitrogens is 2. The molecule has 19 heavy (non-hydrogen) atoms. The maximum atomic E-state index is 6.02. The molecule has 0 spiro atoms. The van der Waals surface area contributed by atoms with Crippen molar-refractivity contribution in [2.75, 3.05) is 13.7 Å². The van der Waals surface area contributed by atoms with Crippen LogP contribution in [0.25, 0.3) is 0 Å². The van der Waals surface area contributed by atoms with Gasteiger partial charge in [0.2, 0.25) is 0 Å². The average molecular weight is 265 g/mol. The number of ether oxygens (including phenoxy) is 1. The normalized spacial score (nSPS) is 29.4. The van der Waals surface area contributed by atoms with Crippen LogP contribution in [0.5, 0.6) is 0 Å². The van der Waals surface area contributed by atoms with Gasteiger partial charge in [-0.2, -0.15) is 5.10 Å². The van der Waals surface area contributed by atoms with E-state index in [0.717, 1.165) is 25.3 Å². The quantitative estimate of drug-likeness (QED) is 0.889. The van der Waals surface area contributed by atoms with Gasteiger partial charge in [0.15, 0.2) is 0 Å². The number of hydrogen-bond acceptors (Lipinski definition) is 3. The van der Waals surface area contributed by atoms with Crippen LogP contribution in [-0.2, 0) is 11.8 Å². The average Bonchev–Trinajstić information content (AvgIpc) is 2.84. The Morgan fingerprint density at radius 3 is 2.68 bits per heavy atom. The van der Waals surface area contributed by atoms with Crippen LogP contribution in [0.2, 0.25) is 0 Å². The first-order chi connectivity index (χ1) is 9.13. The topological polar surface area (TPSA) is 39.1 Å². The van der Waals surface area contributed by atoms with Gasteiger partial charge >= 0.3 is 0 Å². The summed E-state index contributed by atoms with van der Waals surface area (Å²) in [5, 5.41) is 7.93. The van der Waals surface area contributed by atoms with Crippen molar-refractivity contribution in [1.29, 1.82) is 0 Å². The molecule has 1 heterocycles. The summed E-state index contributed by atoms with van der Waals surface area (Å²) in [6, 6.07) is 2.33.